The smallest absolute Gasteiger partial charge is 0.304 e. The molecule has 14 heavy (non-hydrogen) atoms. The Morgan fingerprint density at radius 1 is 1.50 bits per heavy atom. The Hall–Kier alpha value is -1.35. The number of carbonyl (C=O) groups is 1. The topological polar surface area (TPSA) is 63.3 Å². The zero-order chi connectivity index (χ0) is 10.1. The van der Waals surface area contributed by atoms with Crippen LogP contribution in [0.4, 0.5) is 0 Å². The molecule has 0 unspecified atom stereocenters. The molecule has 1 aromatic rings. The van der Waals surface area contributed by atoms with Crippen LogP contribution in [-0.2, 0) is 11.2 Å². The van der Waals surface area contributed by atoms with Gasteiger partial charge in [-0.1, -0.05) is 24.3 Å². The van der Waals surface area contributed by atoms with Gasteiger partial charge in [0, 0.05) is 12.0 Å². The van der Waals surface area contributed by atoms with E-state index in [1.54, 1.807) is 0 Å². The summed E-state index contributed by atoms with van der Waals surface area (Å²) < 4.78 is 0. The van der Waals surface area contributed by atoms with Crippen molar-refractivity contribution in [1.29, 1.82) is 0 Å². The van der Waals surface area contributed by atoms with E-state index in [0.29, 0.717) is 0 Å². The molecule has 0 heterocycles. The van der Waals surface area contributed by atoms with E-state index in [2.05, 4.69) is 0 Å². The van der Waals surface area contributed by atoms with Crippen LogP contribution in [0, 0.1) is 0 Å². The van der Waals surface area contributed by atoms with Crippen molar-refractivity contribution in [2.45, 2.75) is 24.8 Å². The van der Waals surface area contributed by atoms with Crippen LogP contribution in [-0.4, -0.2) is 17.1 Å². The molecule has 0 saturated carbocycles. The Morgan fingerprint density at radius 2 is 2.21 bits per heavy atom. The first-order valence-corrected chi connectivity index (χ1v) is 4.73. The Labute approximate surface area is 82.5 Å². The van der Waals surface area contributed by atoms with E-state index in [0.717, 1.165) is 12.0 Å². The highest BCUT2D eigenvalue weighted by molar-refractivity contribution is 5.68. The fraction of sp³-hybridized carbons (Fsp3) is 0.364. The Bertz CT molecular complexity index is 362. The molecule has 3 heteroatoms. The zero-order valence-corrected chi connectivity index (χ0v) is 7.81. The standard InChI is InChI=1S/C11H13NO2/c12-10-5-7-3-1-2-4-8(7)9(10)6-11(13)14/h1-4,9-10H,5-6,12H2,(H,13,14)/t9-,10-/m1/s1. The number of carboxylic acids is 1. The largest absolute Gasteiger partial charge is 0.481 e. The molecule has 0 aromatic heterocycles. The van der Waals surface area contributed by atoms with Gasteiger partial charge in [-0.25, -0.2) is 0 Å². The minimum absolute atomic E-state index is 0.0105. The third kappa shape index (κ3) is 1.51. The highest BCUT2D eigenvalue weighted by Gasteiger charge is 2.30. The van der Waals surface area contributed by atoms with E-state index in [-0.39, 0.29) is 18.4 Å². The van der Waals surface area contributed by atoms with Crippen LogP contribution >= 0.6 is 0 Å². The number of carboxylic acid groups (broad SMARTS) is 1. The quantitative estimate of drug-likeness (QED) is 0.736. The molecular weight excluding hydrogens is 178 g/mol. The summed E-state index contributed by atoms with van der Waals surface area (Å²) in [6.45, 7) is 0. The first kappa shape index (κ1) is 9.21. The third-order valence-corrected chi connectivity index (χ3v) is 2.82. The highest BCUT2D eigenvalue weighted by Crippen LogP contribution is 2.34. The maximum Gasteiger partial charge on any atom is 0.304 e. The van der Waals surface area contributed by atoms with Crippen molar-refractivity contribution in [3.8, 4) is 0 Å². The third-order valence-electron chi connectivity index (χ3n) is 2.82. The molecule has 1 aliphatic carbocycles. The van der Waals surface area contributed by atoms with Crippen molar-refractivity contribution in [1.82, 2.24) is 0 Å². The highest BCUT2D eigenvalue weighted by atomic mass is 16.4. The van der Waals surface area contributed by atoms with E-state index < -0.39 is 5.97 Å². The molecule has 3 nitrogen and oxygen atoms in total. The van der Waals surface area contributed by atoms with Gasteiger partial charge in [-0.2, -0.15) is 0 Å². The molecule has 0 amide bonds. The van der Waals surface area contributed by atoms with Crippen molar-refractivity contribution in [2.75, 3.05) is 0 Å². The summed E-state index contributed by atoms with van der Waals surface area (Å²) in [4.78, 5) is 10.7. The predicted molar refractivity (Wildman–Crippen MR) is 53.1 cm³/mol. The molecule has 0 aliphatic heterocycles. The van der Waals surface area contributed by atoms with Gasteiger partial charge in [0.2, 0.25) is 0 Å². The summed E-state index contributed by atoms with van der Waals surface area (Å²) in [6, 6.07) is 7.87. The van der Waals surface area contributed by atoms with E-state index >= 15 is 0 Å². The molecule has 0 saturated heterocycles. The number of fused-ring (bicyclic) bond motifs is 1. The molecule has 2 rings (SSSR count). The monoisotopic (exact) mass is 191 g/mol. The van der Waals surface area contributed by atoms with Gasteiger partial charge >= 0.3 is 5.97 Å². The minimum Gasteiger partial charge on any atom is -0.481 e. The molecule has 0 spiro atoms. The molecule has 0 fully saturated rings. The lowest BCUT2D eigenvalue weighted by molar-refractivity contribution is -0.137. The van der Waals surface area contributed by atoms with Gasteiger partial charge in [0.25, 0.3) is 0 Å². The molecule has 1 aliphatic rings. The van der Waals surface area contributed by atoms with Crippen LogP contribution in [0.25, 0.3) is 0 Å². The summed E-state index contributed by atoms with van der Waals surface area (Å²) >= 11 is 0. The average Bonchev–Trinajstić information content (AvgIpc) is 2.43. The van der Waals surface area contributed by atoms with Crippen LogP contribution < -0.4 is 5.73 Å². The lowest BCUT2D eigenvalue weighted by atomic mass is 9.95. The zero-order valence-electron chi connectivity index (χ0n) is 7.81. The second-order valence-corrected chi connectivity index (χ2v) is 3.77. The van der Waals surface area contributed by atoms with E-state index in [4.69, 9.17) is 10.8 Å². The van der Waals surface area contributed by atoms with Gasteiger partial charge in [-0.05, 0) is 17.5 Å². The Morgan fingerprint density at radius 3 is 2.93 bits per heavy atom. The summed E-state index contributed by atoms with van der Waals surface area (Å²) in [5, 5.41) is 8.76. The fourth-order valence-corrected chi connectivity index (χ4v) is 2.16. The van der Waals surface area contributed by atoms with Crippen molar-refractivity contribution < 1.29 is 9.90 Å². The number of nitrogens with two attached hydrogens (primary N) is 1. The van der Waals surface area contributed by atoms with Gasteiger partial charge < -0.3 is 10.8 Å². The number of rotatable bonds is 2. The fourth-order valence-electron chi connectivity index (χ4n) is 2.16. The number of benzene rings is 1. The second kappa shape index (κ2) is 3.42. The molecule has 0 bridgehead atoms. The summed E-state index contributed by atoms with van der Waals surface area (Å²) in [6.07, 6.45) is 0.937. The Kier molecular flexibility index (Phi) is 2.25. The van der Waals surface area contributed by atoms with Crippen LogP contribution in [0.3, 0.4) is 0 Å². The molecule has 74 valence electrons. The van der Waals surface area contributed by atoms with Gasteiger partial charge in [-0.15, -0.1) is 0 Å². The number of hydrogen-bond acceptors (Lipinski definition) is 2. The first-order chi connectivity index (χ1) is 6.68. The molecule has 1 aromatic carbocycles. The maximum atomic E-state index is 10.7. The lowest BCUT2D eigenvalue weighted by Crippen LogP contribution is -2.26. The van der Waals surface area contributed by atoms with Crippen LogP contribution in [0.15, 0.2) is 24.3 Å². The minimum atomic E-state index is -0.776. The Balaban J connectivity index is 2.30. The van der Waals surface area contributed by atoms with Crippen molar-refractivity contribution in [3.63, 3.8) is 0 Å². The van der Waals surface area contributed by atoms with Crippen molar-refractivity contribution in [3.05, 3.63) is 35.4 Å². The van der Waals surface area contributed by atoms with E-state index in [9.17, 15) is 4.79 Å². The van der Waals surface area contributed by atoms with Gasteiger partial charge in [0.15, 0.2) is 0 Å². The van der Waals surface area contributed by atoms with Gasteiger partial charge in [0.1, 0.15) is 0 Å². The molecule has 2 atom stereocenters. The molecule has 0 radical (unpaired) electrons. The van der Waals surface area contributed by atoms with Gasteiger partial charge in [-0.3, -0.25) is 4.79 Å². The predicted octanol–water partition coefficient (Wildman–Crippen LogP) is 1.13. The molecular formula is C11H13NO2. The maximum absolute atomic E-state index is 10.7. The van der Waals surface area contributed by atoms with Crippen LogP contribution in [0.5, 0.6) is 0 Å². The lowest BCUT2D eigenvalue weighted by Gasteiger charge is -2.13. The van der Waals surface area contributed by atoms with Crippen molar-refractivity contribution >= 4 is 5.97 Å². The molecule has 3 N–H and O–H groups in total. The van der Waals surface area contributed by atoms with E-state index in [1.807, 2.05) is 24.3 Å². The van der Waals surface area contributed by atoms with Gasteiger partial charge in [0.05, 0.1) is 6.42 Å². The average molecular weight is 191 g/mol. The number of aliphatic carboxylic acids is 1. The van der Waals surface area contributed by atoms with Crippen LogP contribution in [0.1, 0.15) is 23.5 Å². The second-order valence-electron chi connectivity index (χ2n) is 3.77. The van der Waals surface area contributed by atoms with Crippen molar-refractivity contribution in [2.24, 2.45) is 5.73 Å². The summed E-state index contributed by atoms with van der Waals surface area (Å²) in [7, 11) is 0. The summed E-state index contributed by atoms with van der Waals surface area (Å²) in [5.41, 5.74) is 8.23. The van der Waals surface area contributed by atoms with Crippen LogP contribution in [0.2, 0.25) is 0 Å². The number of hydrogen-bond donors (Lipinski definition) is 2. The summed E-state index contributed by atoms with van der Waals surface area (Å²) in [5.74, 6) is -0.786. The first-order valence-electron chi connectivity index (χ1n) is 4.73. The normalized spacial score (nSPS) is 24.6. The SMILES string of the molecule is N[C@@H]1Cc2ccccc2[C@H]1CC(=O)O. The van der Waals surface area contributed by atoms with E-state index in [1.165, 1.54) is 5.56 Å².